The third-order valence-corrected chi connectivity index (χ3v) is 7.80. The Balaban J connectivity index is 1.29. The lowest BCUT2D eigenvalue weighted by Gasteiger charge is -2.31. The molecule has 1 aromatic rings. The molecule has 2 aliphatic carbocycles. The molecule has 1 heteroatoms. The van der Waals surface area contributed by atoms with Gasteiger partial charge in [0.2, 0.25) is 0 Å². The Hall–Kier alpha value is -1.68. The molecular formula is C31H46O. The van der Waals surface area contributed by atoms with Crippen LogP contribution in [0.25, 0.3) is 0 Å². The van der Waals surface area contributed by atoms with E-state index in [1.54, 1.807) is 0 Å². The number of hydrogen-bond donors (Lipinski definition) is 0. The molecule has 0 N–H and O–H groups in total. The fraction of sp³-hybridized carbons (Fsp3) is 0.677. The molecule has 2 saturated carbocycles. The normalized spacial score (nSPS) is 25.9. The third kappa shape index (κ3) is 9.05. The van der Waals surface area contributed by atoms with E-state index in [4.69, 9.17) is 4.74 Å². The number of rotatable bonds is 10. The predicted octanol–water partition coefficient (Wildman–Crippen LogP) is 8.97. The van der Waals surface area contributed by atoms with Crippen molar-refractivity contribution < 1.29 is 4.74 Å². The first-order chi connectivity index (χ1) is 15.8. The van der Waals surface area contributed by atoms with Crippen molar-refractivity contribution in [2.45, 2.75) is 104 Å². The van der Waals surface area contributed by atoms with Crippen LogP contribution in [-0.2, 0) is 0 Å². The monoisotopic (exact) mass is 434 g/mol. The van der Waals surface area contributed by atoms with Gasteiger partial charge in [0.15, 0.2) is 0 Å². The number of allylic oxidation sites excluding steroid dienone is 2. The molecule has 0 aliphatic heterocycles. The first-order valence-electron chi connectivity index (χ1n) is 13.7. The second-order valence-corrected chi connectivity index (χ2v) is 10.4. The van der Waals surface area contributed by atoms with E-state index in [0.29, 0.717) is 0 Å². The van der Waals surface area contributed by atoms with Gasteiger partial charge < -0.3 is 4.74 Å². The molecule has 176 valence electrons. The maximum absolute atomic E-state index is 5.63. The maximum atomic E-state index is 5.63. The second-order valence-electron chi connectivity index (χ2n) is 10.4. The van der Waals surface area contributed by atoms with E-state index in [2.05, 4.69) is 50.0 Å². The van der Waals surface area contributed by atoms with Gasteiger partial charge in [-0.25, -0.2) is 0 Å². The van der Waals surface area contributed by atoms with Gasteiger partial charge >= 0.3 is 0 Å². The standard InChI is InChI=1S/C31H46O/c1-3-5-8-26-11-15-29(16-12-26)19-20-30-17-13-27(14-18-30)9-6-7-10-28-21-23-31(24-22-28)32-25-4-2/h6,9,21-24,26-27,29-30H,3-5,8,11-20,25H2,1-2H3/t26-,27-,29-,30-. The number of ether oxygens (including phenoxy) is 1. The molecule has 0 radical (unpaired) electrons. The van der Waals surface area contributed by atoms with Gasteiger partial charge in [0.25, 0.3) is 0 Å². The fourth-order valence-electron chi connectivity index (χ4n) is 5.61. The van der Waals surface area contributed by atoms with E-state index in [-0.39, 0.29) is 0 Å². The largest absolute Gasteiger partial charge is 0.494 e. The highest BCUT2D eigenvalue weighted by Crippen LogP contribution is 2.37. The second kappa shape index (κ2) is 14.5. The van der Waals surface area contributed by atoms with Crippen LogP contribution in [0.15, 0.2) is 36.4 Å². The molecule has 2 aliphatic rings. The molecule has 0 atom stereocenters. The molecule has 32 heavy (non-hydrogen) atoms. The molecule has 2 fully saturated rings. The van der Waals surface area contributed by atoms with E-state index >= 15 is 0 Å². The van der Waals surface area contributed by atoms with Crippen LogP contribution in [0, 0.1) is 35.5 Å². The molecule has 0 bridgehead atoms. The minimum Gasteiger partial charge on any atom is -0.494 e. The van der Waals surface area contributed by atoms with Gasteiger partial charge in [0.1, 0.15) is 5.75 Å². The summed E-state index contributed by atoms with van der Waals surface area (Å²) in [4.78, 5) is 0. The predicted molar refractivity (Wildman–Crippen MR) is 138 cm³/mol. The van der Waals surface area contributed by atoms with Crippen molar-refractivity contribution in [2.75, 3.05) is 6.61 Å². The van der Waals surface area contributed by atoms with E-state index in [0.717, 1.165) is 48.0 Å². The van der Waals surface area contributed by atoms with Gasteiger partial charge in [-0.15, -0.1) is 0 Å². The molecule has 0 heterocycles. The van der Waals surface area contributed by atoms with Gasteiger partial charge in [-0.05, 0) is 86.1 Å². The summed E-state index contributed by atoms with van der Waals surface area (Å²) < 4.78 is 5.63. The Bertz CT molecular complexity index is 703. The number of hydrogen-bond acceptors (Lipinski definition) is 1. The molecule has 0 spiro atoms. The lowest BCUT2D eigenvalue weighted by atomic mass is 9.75. The SMILES string of the molecule is CCCC[C@H]1CC[C@H](CC[C@H]2CC[C@H](C=CC#Cc3ccc(OCCC)cc3)CC2)CC1. The van der Waals surface area contributed by atoms with Crippen LogP contribution in [0.1, 0.15) is 109 Å². The molecule has 1 aromatic carbocycles. The summed E-state index contributed by atoms with van der Waals surface area (Å²) in [5.74, 6) is 11.2. The molecule has 0 unspecified atom stereocenters. The molecule has 0 aromatic heterocycles. The summed E-state index contributed by atoms with van der Waals surface area (Å²) in [6, 6.07) is 8.13. The number of unbranched alkanes of at least 4 members (excludes halogenated alkanes) is 1. The maximum Gasteiger partial charge on any atom is 0.119 e. The summed E-state index contributed by atoms with van der Waals surface area (Å²) >= 11 is 0. The van der Waals surface area contributed by atoms with Crippen LogP contribution in [-0.4, -0.2) is 6.61 Å². The van der Waals surface area contributed by atoms with Crippen molar-refractivity contribution >= 4 is 0 Å². The van der Waals surface area contributed by atoms with Crippen molar-refractivity contribution in [2.24, 2.45) is 23.7 Å². The lowest BCUT2D eigenvalue weighted by molar-refractivity contribution is 0.220. The van der Waals surface area contributed by atoms with Gasteiger partial charge in [-0.2, -0.15) is 0 Å². The van der Waals surface area contributed by atoms with Crippen LogP contribution >= 0.6 is 0 Å². The zero-order valence-corrected chi connectivity index (χ0v) is 20.8. The zero-order chi connectivity index (χ0) is 22.4. The van der Waals surface area contributed by atoms with Crippen LogP contribution in [0.4, 0.5) is 0 Å². The van der Waals surface area contributed by atoms with Crippen molar-refractivity contribution in [1.82, 2.24) is 0 Å². The van der Waals surface area contributed by atoms with E-state index in [1.165, 1.54) is 83.5 Å². The van der Waals surface area contributed by atoms with Gasteiger partial charge in [-0.3, -0.25) is 0 Å². The summed E-state index contributed by atoms with van der Waals surface area (Å²) in [6.45, 7) is 5.23. The van der Waals surface area contributed by atoms with E-state index in [1.807, 2.05) is 12.1 Å². The topological polar surface area (TPSA) is 9.23 Å². The Morgan fingerprint density at radius 2 is 1.38 bits per heavy atom. The van der Waals surface area contributed by atoms with Gasteiger partial charge in [0, 0.05) is 5.56 Å². The number of benzene rings is 1. The van der Waals surface area contributed by atoms with Gasteiger partial charge in [0.05, 0.1) is 6.61 Å². The van der Waals surface area contributed by atoms with Crippen LogP contribution in [0.5, 0.6) is 5.75 Å². The van der Waals surface area contributed by atoms with Crippen LogP contribution < -0.4 is 4.74 Å². The van der Waals surface area contributed by atoms with Crippen LogP contribution in [0.3, 0.4) is 0 Å². The molecule has 0 saturated heterocycles. The first kappa shape index (κ1) is 25.0. The Labute approximate surface area is 198 Å². The quantitative estimate of drug-likeness (QED) is 0.334. The third-order valence-electron chi connectivity index (χ3n) is 7.80. The van der Waals surface area contributed by atoms with Crippen molar-refractivity contribution in [1.29, 1.82) is 0 Å². The highest BCUT2D eigenvalue weighted by atomic mass is 16.5. The minimum atomic E-state index is 0.736. The highest BCUT2D eigenvalue weighted by Gasteiger charge is 2.23. The average molecular weight is 435 g/mol. The Morgan fingerprint density at radius 1 is 0.781 bits per heavy atom. The molecule has 3 rings (SSSR count). The van der Waals surface area contributed by atoms with Crippen molar-refractivity contribution in [3.8, 4) is 17.6 Å². The summed E-state index contributed by atoms with van der Waals surface area (Å²) in [5, 5.41) is 0. The van der Waals surface area contributed by atoms with Crippen molar-refractivity contribution in [3.05, 3.63) is 42.0 Å². The summed E-state index contributed by atoms with van der Waals surface area (Å²) in [7, 11) is 0. The Kier molecular flexibility index (Phi) is 11.3. The molecular weight excluding hydrogens is 388 g/mol. The average Bonchev–Trinajstić information content (AvgIpc) is 2.85. The summed E-state index contributed by atoms with van der Waals surface area (Å²) in [6.07, 6.45) is 24.4. The molecule has 0 amide bonds. The Morgan fingerprint density at radius 3 is 1.97 bits per heavy atom. The zero-order valence-electron chi connectivity index (χ0n) is 20.8. The first-order valence-corrected chi connectivity index (χ1v) is 13.7. The smallest absolute Gasteiger partial charge is 0.119 e. The van der Waals surface area contributed by atoms with E-state index < -0.39 is 0 Å². The minimum absolute atomic E-state index is 0.736. The fourth-order valence-corrected chi connectivity index (χ4v) is 5.61. The molecule has 1 nitrogen and oxygen atoms in total. The lowest BCUT2D eigenvalue weighted by Crippen LogP contribution is -2.17. The highest BCUT2D eigenvalue weighted by molar-refractivity contribution is 5.40. The summed E-state index contributed by atoms with van der Waals surface area (Å²) in [5.41, 5.74) is 1.06. The van der Waals surface area contributed by atoms with Gasteiger partial charge in [-0.1, -0.05) is 89.6 Å². The van der Waals surface area contributed by atoms with Crippen LogP contribution in [0.2, 0.25) is 0 Å². The van der Waals surface area contributed by atoms with E-state index in [9.17, 15) is 0 Å². The van der Waals surface area contributed by atoms with Crippen molar-refractivity contribution in [3.63, 3.8) is 0 Å².